The molecule has 0 radical (unpaired) electrons. The standard InChI is InChI=1S/C16H10BrFN2O3/c1-7-4-12-14(16(21)22-7)13(10(6-19)15(20)23-12)9-3-2-8(18)5-11(9)17/h2-5,13H,20H2,1H3/t13-/m0/s1. The maximum atomic E-state index is 13.4. The second kappa shape index (κ2) is 5.56. The zero-order chi connectivity index (χ0) is 16.7. The minimum Gasteiger partial charge on any atom is -0.440 e. The molecule has 23 heavy (non-hydrogen) atoms. The van der Waals surface area contributed by atoms with Crippen LogP contribution in [0.2, 0.25) is 0 Å². The maximum absolute atomic E-state index is 13.4. The summed E-state index contributed by atoms with van der Waals surface area (Å²) in [5.41, 5.74) is 5.95. The Bertz CT molecular complexity index is 943. The molecule has 0 unspecified atom stereocenters. The van der Waals surface area contributed by atoms with E-state index in [1.165, 1.54) is 24.3 Å². The predicted octanol–water partition coefficient (Wildman–Crippen LogP) is 3.07. The van der Waals surface area contributed by atoms with Gasteiger partial charge in [0.2, 0.25) is 5.88 Å². The molecule has 5 nitrogen and oxygen atoms in total. The van der Waals surface area contributed by atoms with Crippen LogP contribution in [0.3, 0.4) is 0 Å². The van der Waals surface area contributed by atoms with Gasteiger partial charge in [-0.25, -0.2) is 9.18 Å². The lowest BCUT2D eigenvalue weighted by Gasteiger charge is -2.25. The van der Waals surface area contributed by atoms with Crippen LogP contribution in [-0.2, 0) is 0 Å². The highest BCUT2D eigenvalue weighted by Crippen LogP contribution is 2.42. The Labute approximate surface area is 138 Å². The molecule has 0 fully saturated rings. The first-order valence-corrected chi connectivity index (χ1v) is 7.39. The van der Waals surface area contributed by atoms with Crippen molar-refractivity contribution in [1.29, 1.82) is 5.26 Å². The van der Waals surface area contributed by atoms with E-state index in [0.29, 0.717) is 15.8 Å². The highest BCUT2D eigenvalue weighted by molar-refractivity contribution is 9.10. The fourth-order valence-electron chi connectivity index (χ4n) is 2.56. The van der Waals surface area contributed by atoms with Gasteiger partial charge in [0.05, 0.1) is 11.5 Å². The minimum absolute atomic E-state index is 0.0703. The zero-order valence-electron chi connectivity index (χ0n) is 11.9. The lowest BCUT2D eigenvalue weighted by molar-refractivity contribution is 0.371. The number of rotatable bonds is 1. The molecule has 0 saturated heterocycles. The molecule has 1 atom stereocenters. The molecule has 2 heterocycles. The van der Waals surface area contributed by atoms with Gasteiger partial charge in [0, 0.05) is 10.5 Å². The fraction of sp³-hybridized carbons (Fsp3) is 0.125. The third-order valence-corrected chi connectivity index (χ3v) is 4.22. The summed E-state index contributed by atoms with van der Waals surface area (Å²) in [7, 11) is 0. The summed E-state index contributed by atoms with van der Waals surface area (Å²) in [5.74, 6) is -0.739. The van der Waals surface area contributed by atoms with Crippen molar-refractivity contribution >= 4 is 15.9 Å². The minimum atomic E-state index is -0.796. The number of halogens is 2. The van der Waals surface area contributed by atoms with Crippen molar-refractivity contribution in [3.05, 3.63) is 73.3 Å². The Morgan fingerprint density at radius 1 is 1.39 bits per heavy atom. The molecule has 0 amide bonds. The van der Waals surface area contributed by atoms with Crippen molar-refractivity contribution in [3.63, 3.8) is 0 Å². The molecule has 1 aliphatic heterocycles. The van der Waals surface area contributed by atoms with E-state index in [0.717, 1.165) is 0 Å². The summed E-state index contributed by atoms with van der Waals surface area (Å²) in [6.45, 7) is 1.60. The van der Waals surface area contributed by atoms with E-state index >= 15 is 0 Å². The summed E-state index contributed by atoms with van der Waals surface area (Å²) in [5, 5.41) is 9.42. The van der Waals surface area contributed by atoms with Gasteiger partial charge in [0.1, 0.15) is 29.0 Å². The van der Waals surface area contributed by atoms with Crippen molar-refractivity contribution in [2.24, 2.45) is 5.73 Å². The van der Waals surface area contributed by atoms with Crippen LogP contribution in [0.4, 0.5) is 4.39 Å². The normalized spacial score (nSPS) is 16.5. The molecule has 1 aromatic carbocycles. The lowest BCUT2D eigenvalue weighted by atomic mass is 9.84. The van der Waals surface area contributed by atoms with E-state index in [4.69, 9.17) is 14.9 Å². The number of allylic oxidation sites excluding steroid dienone is 1. The van der Waals surface area contributed by atoms with Crippen LogP contribution in [-0.4, -0.2) is 0 Å². The van der Waals surface area contributed by atoms with E-state index in [1.54, 1.807) is 6.92 Å². The molecule has 0 saturated carbocycles. The molecular weight excluding hydrogens is 367 g/mol. The third kappa shape index (κ3) is 2.51. The molecule has 1 aliphatic rings. The number of fused-ring (bicyclic) bond motifs is 1. The molecule has 0 aliphatic carbocycles. The number of hydrogen-bond acceptors (Lipinski definition) is 5. The van der Waals surface area contributed by atoms with Crippen LogP contribution >= 0.6 is 15.9 Å². The predicted molar refractivity (Wildman–Crippen MR) is 83.1 cm³/mol. The van der Waals surface area contributed by atoms with Gasteiger partial charge < -0.3 is 14.9 Å². The Morgan fingerprint density at radius 2 is 2.13 bits per heavy atom. The average Bonchev–Trinajstić information content (AvgIpc) is 2.45. The Hall–Kier alpha value is -2.59. The summed E-state index contributed by atoms with van der Waals surface area (Å²) in [4.78, 5) is 12.3. The first kappa shape index (κ1) is 15.3. The van der Waals surface area contributed by atoms with Gasteiger partial charge in [0.25, 0.3) is 0 Å². The summed E-state index contributed by atoms with van der Waals surface area (Å²) in [6.07, 6.45) is 0. The van der Waals surface area contributed by atoms with E-state index in [-0.39, 0.29) is 22.8 Å². The SMILES string of the molecule is Cc1cc2c(c(=O)o1)[C@@H](c1ccc(F)cc1Br)C(C#N)=C(N)O2. The third-order valence-electron chi connectivity index (χ3n) is 3.53. The average molecular weight is 377 g/mol. The van der Waals surface area contributed by atoms with Gasteiger partial charge in [-0.05, 0) is 24.6 Å². The Morgan fingerprint density at radius 3 is 2.78 bits per heavy atom. The molecule has 7 heteroatoms. The van der Waals surface area contributed by atoms with Gasteiger partial charge in [-0.15, -0.1) is 0 Å². The van der Waals surface area contributed by atoms with E-state index in [1.807, 2.05) is 6.07 Å². The van der Waals surface area contributed by atoms with Crippen molar-refractivity contribution in [3.8, 4) is 11.8 Å². The Kier molecular flexibility index (Phi) is 3.70. The number of nitriles is 1. The highest BCUT2D eigenvalue weighted by Gasteiger charge is 2.35. The van der Waals surface area contributed by atoms with Crippen LogP contribution in [0.1, 0.15) is 22.8 Å². The van der Waals surface area contributed by atoms with Crippen LogP contribution in [0.5, 0.6) is 5.75 Å². The van der Waals surface area contributed by atoms with Crippen LogP contribution in [0.15, 0.2) is 49.4 Å². The number of hydrogen-bond donors (Lipinski definition) is 1. The topological polar surface area (TPSA) is 89.2 Å². The van der Waals surface area contributed by atoms with Crippen LogP contribution in [0, 0.1) is 24.1 Å². The smallest absolute Gasteiger partial charge is 0.343 e. The summed E-state index contributed by atoms with van der Waals surface area (Å²) < 4.78 is 24.3. The first-order chi connectivity index (χ1) is 10.9. The van der Waals surface area contributed by atoms with E-state index in [2.05, 4.69) is 15.9 Å². The largest absolute Gasteiger partial charge is 0.440 e. The molecule has 2 aromatic rings. The van der Waals surface area contributed by atoms with Gasteiger partial charge in [-0.3, -0.25) is 0 Å². The molecule has 116 valence electrons. The number of aryl methyl sites for hydroxylation is 1. The molecular formula is C16H10BrFN2O3. The lowest BCUT2D eigenvalue weighted by Crippen LogP contribution is -2.26. The van der Waals surface area contributed by atoms with Crippen molar-refractivity contribution in [2.45, 2.75) is 12.8 Å². The number of ether oxygens (including phenoxy) is 1. The second-order valence-corrected chi connectivity index (χ2v) is 5.87. The highest BCUT2D eigenvalue weighted by atomic mass is 79.9. The van der Waals surface area contributed by atoms with Crippen LogP contribution in [0.25, 0.3) is 0 Å². The number of benzene rings is 1. The van der Waals surface area contributed by atoms with Crippen molar-refractivity contribution in [1.82, 2.24) is 0 Å². The molecule has 1 aromatic heterocycles. The first-order valence-electron chi connectivity index (χ1n) is 6.59. The molecule has 0 spiro atoms. The zero-order valence-corrected chi connectivity index (χ0v) is 13.5. The summed E-state index contributed by atoms with van der Waals surface area (Å²) in [6, 6.07) is 7.48. The summed E-state index contributed by atoms with van der Waals surface area (Å²) >= 11 is 3.26. The fourth-order valence-corrected chi connectivity index (χ4v) is 3.14. The van der Waals surface area contributed by atoms with E-state index in [9.17, 15) is 14.4 Å². The van der Waals surface area contributed by atoms with Crippen molar-refractivity contribution < 1.29 is 13.5 Å². The molecule has 2 N–H and O–H groups in total. The van der Waals surface area contributed by atoms with Gasteiger partial charge in [-0.1, -0.05) is 22.0 Å². The maximum Gasteiger partial charge on any atom is 0.343 e. The van der Waals surface area contributed by atoms with Gasteiger partial charge in [0.15, 0.2) is 0 Å². The quantitative estimate of drug-likeness (QED) is 0.825. The van der Waals surface area contributed by atoms with Crippen molar-refractivity contribution in [2.75, 3.05) is 0 Å². The number of nitrogens with two attached hydrogens (primary N) is 1. The van der Waals surface area contributed by atoms with E-state index < -0.39 is 17.4 Å². The molecule has 0 bridgehead atoms. The van der Waals surface area contributed by atoms with Gasteiger partial charge in [-0.2, -0.15) is 5.26 Å². The second-order valence-electron chi connectivity index (χ2n) is 5.01. The number of nitrogens with zero attached hydrogens (tertiary/aromatic N) is 1. The van der Waals surface area contributed by atoms with Gasteiger partial charge >= 0.3 is 5.63 Å². The molecule has 3 rings (SSSR count). The monoisotopic (exact) mass is 376 g/mol. The Balaban J connectivity index is 2.34. The van der Waals surface area contributed by atoms with Crippen LogP contribution < -0.4 is 16.1 Å².